The fourth-order valence-corrected chi connectivity index (χ4v) is 3.38. The van der Waals surface area contributed by atoms with Crippen molar-refractivity contribution in [3.63, 3.8) is 0 Å². The topological polar surface area (TPSA) is 54.3 Å². The van der Waals surface area contributed by atoms with E-state index in [0.717, 1.165) is 35.5 Å². The fourth-order valence-electron chi connectivity index (χ4n) is 3.38. The van der Waals surface area contributed by atoms with Gasteiger partial charge in [-0.15, -0.1) is 0 Å². The van der Waals surface area contributed by atoms with Crippen LogP contribution in [0.25, 0.3) is 0 Å². The number of benzene rings is 2. The predicted octanol–water partition coefficient (Wildman–Crippen LogP) is 3.24. The van der Waals surface area contributed by atoms with Gasteiger partial charge in [-0.2, -0.15) is 5.26 Å². The van der Waals surface area contributed by atoms with E-state index in [1.54, 1.807) is 14.2 Å². The number of nitrogens with one attached hydrogen (secondary N) is 1. The highest BCUT2D eigenvalue weighted by molar-refractivity contribution is 5.53. The number of nitrogens with zero attached hydrogens (tertiary/aromatic N) is 1. The lowest BCUT2D eigenvalue weighted by atomic mass is 9.78. The highest BCUT2D eigenvalue weighted by Crippen LogP contribution is 2.39. The number of rotatable bonds is 5. The lowest BCUT2D eigenvalue weighted by Gasteiger charge is -2.34. The summed E-state index contributed by atoms with van der Waals surface area (Å²) >= 11 is 0. The molecule has 3 rings (SSSR count). The van der Waals surface area contributed by atoms with Gasteiger partial charge in [-0.25, -0.2) is 0 Å². The highest BCUT2D eigenvalue weighted by Gasteiger charge is 2.36. The molecule has 0 radical (unpaired) electrons. The summed E-state index contributed by atoms with van der Waals surface area (Å²) in [6.45, 7) is 0.691. The second-order valence-electron chi connectivity index (χ2n) is 6.15. The van der Waals surface area contributed by atoms with Crippen molar-refractivity contribution in [1.82, 2.24) is 5.32 Å². The molecule has 0 bridgehead atoms. The smallest absolute Gasteiger partial charge is 0.164 e. The summed E-state index contributed by atoms with van der Waals surface area (Å²) in [6.07, 6.45) is 2.23. The lowest BCUT2D eigenvalue weighted by molar-refractivity contribution is 0.333. The first-order chi connectivity index (χ1) is 11.7. The van der Waals surface area contributed by atoms with E-state index in [2.05, 4.69) is 23.5 Å². The molecule has 4 nitrogen and oxygen atoms in total. The maximum Gasteiger partial charge on any atom is 0.164 e. The monoisotopic (exact) mass is 322 g/mol. The van der Waals surface area contributed by atoms with Crippen LogP contribution >= 0.6 is 0 Å². The molecule has 0 aliphatic heterocycles. The van der Waals surface area contributed by atoms with Crippen LogP contribution in [-0.4, -0.2) is 19.8 Å². The van der Waals surface area contributed by atoms with Gasteiger partial charge in [0.2, 0.25) is 0 Å². The number of nitriles is 1. The van der Waals surface area contributed by atoms with Crippen molar-refractivity contribution in [1.29, 1.82) is 5.26 Å². The first-order valence-electron chi connectivity index (χ1n) is 8.14. The van der Waals surface area contributed by atoms with Gasteiger partial charge in [0.1, 0.15) is 5.54 Å². The van der Waals surface area contributed by atoms with E-state index in [-0.39, 0.29) is 0 Å². The van der Waals surface area contributed by atoms with Crippen LogP contribution in [0.4, 0.5) is 0 Å². The van der Waals surface area contributed by atoms with Gasteiger partial charge in [-0.3, -0.25) is 5.32 Å². The average Bonchev–Trinajstić information content (AvgIpc) is 2.66. The molecule has 1 N–H and O–H groups in total. The molecule has 0 saturated carbocycles. The molecule has 0 saturated heterocycles. The third-order valence-corrected chi connectivity index (χ3v) is 4.73. The Morgan fingerprint density at radius 2 is 1.92 bits per heavy atom. The zero-order valence-electron chi connectivity index (χ0n) is 14.1. The van der Waals surface area contributed by atoms with E-state index < -0.39 is 5.54 Å². The van der Waals surface area contributed by atoms with Crippen LogP contribution in [0.1, 0.15) is 23.1 Å². The quantitative estimate of drug-likeness (QED) is 0.918. The average molecular weight is 322 g/mol. The van der Waals surface area contributed by atoms with E-state index in [1.807, 2.05) is 30.3 Å². The Morgan fingerprint density at radius 1 is 1.12 bits per heavy atom. The molecule has 1 aliphatic carbocycles. The molecule has 2 aromatic rings. The van der Waals surface area contributed by atoms with Crippen molar-refractivity contribution in [2.45, 2.75) is 31.3 Å². The van der Waals surface area contributed by atoms with Gasteiger partial charge in [-0.1, -0.05) is 36.4 Å². The van der Waals surface area contributed by atoms with Gasteiger partial charge in [0, 0.05) is 18.5 Å². The minimum Gasteiger partial charge on any atom is -0.493 e. The Bertz CT molecular complexity index is 752. The van der Waals surface area contributed by atoms with Crippen molar-refractivity contribution in [2.24, 2.45) is 0 Å². The van der Waals surface area contributed by atoms with E-state index >= 15 is 0 Å². The fraction of sp³-hybridized carbons (Fsp3) is 0.350. The van der Waals surface area contributed by atoms with Crippen molar-refractivity contribution in [3.05, 3.63) is 59.2 Å². The zero-order valence-corrected chi connectivity index (χ0v) is 14.1. The third kappa shape index (κ3) is 3.08. The Kier molecular flexibility index (Phi) is 4.73. The molecule has 124 valence electrons. The summed E-state index contributed by atoms with van der Waals surface area (Å²) in [5.74, 6) is 1.54. The number of hydrogen-bond donors (Lipinski definition) is 1. The summed E-state index contributed by atoms with van der Waals surface area (Å²) in [5, 5.41) is 13.3. The van der Waals surface area contributed by atoms with Crippen molar-refractivity contribution >= 4 is 0 Å². The van der Waals surface area contributed by atoms with E-state index in [4.69, 9.17) is 9.47 Å². The van der Waals surface area contributed by atoms with Gasteiger partial charge >= 0.3 is 0 Å². The summed E-state index contributed by atoms with van der Waals surface area (Å²) in [6, 6.07) is 16.7. The number of ether oxygens (including phenoxy) is 2. The SMILES string of the molecule is COc1ccc2c(c1OC)CCC(C#N)(NCc1ccccc1)C2. The summed E-state index contributed by atoms with van der Waals surface area (Å²) in [7, 11) is 3.31. The molecule has 0 fully saturated rings. The van der Waals surface area contributed by atoms with Gasteiger partial charge in [0.25, 0.3) is 0 Å². The Hall–Kier alpha value is -2.51. The number of hydrogen-bond acceptors (Lipinski definition) is 4. The summed E-state index contributed by atoms with van der Waals surface area (Å²) in [4.78, 5) is 0. The Morgan fingerprint density at radius 3 is 2.58 bits per heavy atom. The van der Waals surface area contributed by atoms with Crippen molar-refractivity contribution in [3.8, 4) is 17.6 Å². The normalized spacial score (nSPS) is 19.2. The van der Waals surface area contributed by atoms with Gasteiger partial charge in [-0.05, 0) is 30.0 Å². The van der Waals surface area contributed by atoms with Gasteiger partial charge in [0.05, 0.1) is 20.3 Å². The summed E-state index contributed by atoms with van der Waals surface area (Å²) in [5.41, 5.74) is 2.96. The predicted molar refractivity (Wildman–Crippen MR) is 93.2 cm³/mol. The molecule has 24 heavy (non-hydrogen) atoms. The zero-order chi connectivity index (χ0) is 17.0. The minimum atomic E-state index is -0.539. The molecule has 2 aromatic carbocycles. The first-order valence-corrected chi connectivity index (χ1v) is 8.14. The number of methoxy groups -OCH3 is 2. The Labute approximate surface area is 143 Å². The van der Waals surface area contributed by atoms with Crippen molar-refractivity contribution < 1.29 is 9.47 Å². The molecule has 1 atom stereocenters. The minimum absolute atomic E-state index is 0.539. The van der Waals surface area contributed by atoms with Crippen LogP contribution in [0.15, 0.2) is 42.5 Å². The molecule has 4 heteroatoms. The van der Waals surface area contributed by atoms with E-state index in [0.29, 0.717) is 13.0 Å². The van der Waals surface area contributed by atoms with Crippen LogP contribution in [0.3, 0.4) is 0 Å². The van der Waals surface area contributed by atoms with Crippen LogP contribution in [-0.2, 0) is 19.4 Å². The third-order valence-electron chi connectivity index (χ3n) is 4.73. The molecule has 0 heterocycles. The molecule has 0 spiro atoms. The maximum atomic E-state index is 9.80. The van der Waals surface area contributed by atoms with Gasteiger partial charge < -0.3 is 9.47 Å². The standard InChI is InChI=1S/C20H22N2O2/c1-23-18-9-8-16-12-20(14-21,11-10-17(16)19(18)24-2)22-13-15-6-4-3-5-7-15/h3-9,22H,10-13H2,1-2H3. The van der Waals surface area contributed by atoms with E-state index in [1.165, 1.54) is 5.56 Å². The van der Waals surface area contributed by atoms with Crippen LogP contribution < -0.4 is 14.8 Å². The first kappa shape index (κ1) is 16.4. The second-order valence-corrected chi connectivity index (χ2v) is 6.15. The number of fused-ring (bicyclic) bond motifs is 1. The van der Waals surface area contributed by atoms with Crippen LogP contribution in [0.5, 0.6) is 11.5 Å². The molecular formula is C20H22N2O2. The second kappa shape index (κ2) is 6.94. The largest absolute Gasteiger partial charge is 0.493 e. The Balaban J connectivity index is 1.83. The highest BCUT2D eigenvalue weighted by atomic mass is 16.5. The molecule has 0 amide bonds. The van der Waals surface area contributed by atoms with Crippen LogP contribution in [0.2, 0.25) is 0 Å². The van der Waals surface area contributed by atoms with Gasteiger partial charge in [0.15, 0.2) is 11.5 Å². The van der Waals surface area contributed by atoms with E-state index in [9.17, 15) is 5.26 Å². The van der Waals surface area contributed by atoms with Crippen molar-refractivity contribution in [2.75, 3.05) is 14.2 Å². The molecule has 0 aromatic heterocycles. The molecule has 1 unspecified atom stereocenters. The summed E-state index contributed by atoms with van der Waals surface area (Å²) < 4.78 is 10.9. The lowest BCUT2D eigenvalue weighted by Crippen LogP contribution is -2.48. The molecular weight excluding hydrogens is 300 g/mol. The maximum absolute atomic E-state index is 9.80. The van der Waals surface area contributed by atoms with Crippen LogP contribution in [0, 0.1) is 11.3 Å². The molecule has 1 aliphatic rings.